The molecule has 0 aliphatic heterocycles. The van der Waals surface area contributed by atoms with Crippen LogP contribution in [0, 0.1) is 11.7 Å². The molecule has 0 heterocycles. The van der Waals surface area contributed by atoms with E-state index in [9.17, 15) is 14.0 Å². The second-order valence-corrected chi connectivity index (χ2v) is 5.93. The first kappa shape index (κ1) is 17.5. The van der Waals surface area contributed by atoms with E-state index in [2.05, 4.69) is 0 Å². The van der Waals surface area contributed by atoms with Crippen molar-refractivity contribution in [2.45, 2.75) is 24.7 Å². The lowest BCUT2D eigenvalue weighted by Gasteiger charge is -2.13. The summed E-state index contributed by atoms with van der Waals surface area (Å²) in [5, 5.41) is 0. The highest BCUT2D eigenvalue weighted by molar-refractivity contribution is 7.98. The number of carbonyl (C=O) groups is 2. The first-order valence-electron chi connectivity index (χ1n) is 7.36. The Bertz CT molecular complexity index is 650. The minimum Gasteiger partial charge on any atom is -0.501 e. The van der Waals surface area contributed by atoms with E-state index in [-0.39, 0.29) is 28.6 Å². The molecule has 0 N–H and O–H groups in total. The van der Waals surface area contributed by atoms with Crippen molar-refractivity contribution < 1.29 is 23.5 Å². The molecule has 0 aromatic heterocycles. The van der Waals surface area contributed by atoms with Gasteiger partial charge in [0, 0.05) is 11.5 Å². The molecule has 4 nitrogen and oxygen atoms in total. The zero-order valence-corrected chi connectivity index (χ0v) is 14.2. The van der Waals surface area contributed by atoms with Gasteiger partial charge in [-0.05, 0) is 38.2 Å². The Hall–Kier alpha value is -1.82. The summed E-state index contributed by atoms with van der Waals surface area (Å²) in [6.07, 6.45) is 4.53. The number of carbonyl (C=O) groups excluding carboxylic acids is 2. The number of methoxy groups -OCH3 is 1. The number of ketones is 2. The van der Waals surface area contributed by atoms with Crippen LogP contribution < -0.4 is 4.74 Å². The van der Waals surface area contributed by atoms with E-state index in [0.717, 1.165) is 12.8 Å². The van der Waals surface area contributed by atoms with Crippen LogP contribution in [0.4, 0.5) is 4.39 Å². The zero-order chi connectivity index (χ0) is 17.0. The highest BCUT2D eigenvalue weighted by Crippen LogP contribution is 2.37. The highest BCUT2D eigenvalue weighted by atomic mass is 32.2. The Morgan fingerprint density at radius 1 is 1.39 bits per heavy atom. The van der Waals surface area contributed by atoms with Crippen LogP contribution in [0.25, 0.3) is 0 Å². The number of ether oxygens (including phenoxy) is 2. The Morgan fingerprint density at radius 3 is 2.61 bits per heavy atom. The SMILES string of the molecule is CCOC=C(C(=O)c1ccc(F)c(OC)c1SC)C(=O)C1CC1. The molecule has 1 fully saturated rings. The van der Waals surface area contributed by atoms with Crippen molar-refractivity contribution in [1.29, 1.82) is 0 Å². The maximum Gasteiger partial charge on any atom is 0.200 e. The summed E-state index contributed by atoms with van der Waals surface area (Å²) < 4.78 is 24.1. The van der Waals surface area contributed by atoms with Crippen molar-refractivity contribution in [2.75, 3.05) is 20.0 Å². The van der Waals surface area contributed by atoms with Gasteiger partial charge < -0.3 is 9.47 Å². The lowest BCUT2D eigenvalue weighted by atomic mass is 9.98. The van der Waals surface area contributed by atoms with Crippen molar-refractivity contribution in [3.05, 3.63) is 35.3 Å². The largest absolute Gasteiger partial charge is 0.501 e. The van der Waals surface area contributed by atoms with E-state index in [4.69, 9.17) is 9.47 Å². The third-order valence-electron chi connectivity index (χ3n) is 3.54. The van der Waals surface area contributed by atoms with Gasteiger partial charge in [-0.3, -0.25) is 9.59 Å². The Labute approximate surface area is 139 Å². The second kappa shape index (κ2) is 7.64. The van der Waals surface area contributed by atoms with Gasteiger partial charge in [-0.2, -0.15) is 0 Å². The molecule has 1 aromatic carbocycles. The number of hydrogen-bond acceptors (Lipinski definition) is 5. The van der Waals surface area contributed by atoms with E-state index < -0.39 is 11.6 Å². The predicted molar refractivity (Wildman–Crippen MR) is 86.5 cm³/mol. The van der Waals surface area contributed by atoms with Gasteiger partial charge in [-0.15, -0.1) is 11.8 Å². The maximum absolute atomic E-state index is 13.8. The Morgan fingerprint density at radius 2 is 2.09 bits per heavy atom. The van der Waals surface area contributed by atoms with E-state index in [1.807, 2.05) is 0 Å². The molecule has 0 radical (unpaired) electrons. The quantitative estimate of drug-likeness (QED) is 0.181. The average Bonchev–Trinajstić information content (AvgIpc) is 3.39. The molecular weight excluding hydrogens is 319 g/mol. The van der Waals surface area contributed by atoms with Gasteiger partial charge in [-0.25, -0.2) is 4.39 Å². The van der Waals surface area contributed by atoms with Crippen molar-refractivity contribution in [1.82, 2.24) is 0 Å². The average molecular weight is 338 g/mol. The van der Waals surface area contributed by atoms with Crippen molar-refractivity contribution >= 4 is 23.3 Å². The summed E-state index contributed by atoms with van der Waals surface area (Å²) in [4.78, 5) is 25.6. The van der Waals surface area contributed by atoms with E-state index in [0.29, 0.717) is 11.5 Å². The Kier molecular flexibility index (Phi) is 5.82. The molecule has 1 aliphatic carbocycles. The van der Waals surface area contributed by atoms with Crippen LogP contribution >= 0.6 is 11.8 Å². The summed E-state index contributed by atoms with van der Waals surface area (Å²) in [6.45, 7) is 2.13. The molecule has 1 saturated carbocycles. The molecule has 2 rings (SSSR count). The summed E-state index contributed by atoms with van der Waals surface area (Å²) in [6, 6.07) is 2.55. The lowest BCUT2D eigenvalue weighted by Crippen LogP contribution is -2.17. The molecule has 0 bridgehead atoms. The highest BCUT2D eigenvalue weighted by Gasteiger charge is 2.36. The molecule has 0 saturated heterocycles. The van der Waals surface area contributed by atoms with Gasteiger partial charge in [0.25, 0.3) is 0 Å². The zero-order valence-electron chi connectivity index (χ0n) is 13.3. The minimum atomic E-state index is -0.544. The van der Waals surface area contributed by atoms with Crippen LogP contribution in [0.15, 0.2) is 28.9 Å². The molecule has 1 aromatic rings. The topological polar surface area (TPSA) is 52.6 Å². The van der Waals surface area contributed by atoms with Gasteiger partial charge in [0.2, 0.25) is 5.78 Å². The van der Waals surface area contributed by atoms with Crippen molar-refractivity contribution in [3.63, 3.8) is 0 Å². The summed E-state index contributed by atoms with van der Waals surface area (Å²) in [5.74, 6) is -1.31. The summed E-state index contributed by atoms with van der Waals surface area (Å²) >= 11 is 1.20. The first-order valence-corrected chi connectivity index (χ1v) is 8.58. The number of Topliss-reactive ketones (excluding diaryl/α,β-unsaturated/α-hetero) is 2. The fraction of sp³-hybridized carbons (Fsp3) is 0.412. The molecule has 0 atom stereocenters. The number of rotatable bonds is 8. The van der Waals surface area contributed by atoms with Crippen LogP contribution in [0.3, 0.4) is 0 Å². The van der Waals surface area contributed by atoms with E-state index >= 15 is 0 Å². The van der Waals surface area contributed by atoms with E-state index in [1.54, 1.807) is 13.2 Å². The molecule has 1 aliphatic rings. The number of hydrogen-bond donors (Lipinski definition) is 0. The van der Waals surface area contributed by atoms with Crippen LogP contribution in [-0.4, -0.2) is 31.5 Å². The summed E-state index contributed by atoms with van der Waals surface area (Å²) in [7, 11) is 1.35. The third-order valence-corrected chi connectivity index (χ3v) is 4.36. The van der Waals surface area contributed by atoms with Crippen LogP contribution in [-0.2, 0) is 9.53 Å². The third kappa shape index (κ3) is 3.75. The molecule has 0 spiro atoms. The van der Waals surface area contributed by atoms with Gasteiger partial charge >= 0.3 is 0 Å². The van der Waals surface area contributed by atoms with Crippen LogP contribution in [0.1, 0.15) is 30.1 Å². The van der Waals surface area contributed by atoms with Crippen molar-refractivity contribution in [3.8, 4) is 5.75 Å². The first-order chi connectivity index (χ1) is 11.0. The van der Waals surface area contributed by atoms with Crippen LogP contribution in [0.2, 0.25) is 0 Å². The van der Waals surface area contributed by atoms with Crippen LogP contribution in [0.5, 0.6) is 5.75 Å². The maximum atomic E-state index is 13.8. The number of thioether (sulfide) groups is 1. The summed E-state index contributed by atoms with van der Waals surface area (Å²) in [5.41, 5.74) is 0.258. The predicted octanol–water partition coefficient (Wildman–Crippen LogP) is 3.64. The standard InChI is InChI=1S/C17H19FO4S/c1-4-22-9-12(14(19)10-5-6-10)15(20)11-7-8-13(18)16(21-2)17(11)23-3/h7-10H,4-6H2,1-3H3. The molecule has 0 amide bonds. The Balaban J connectivity index is 2.45. The molecule has 23 heavy (non-hydrogen) atoms. The molecule has 0 unspecified atom stereocenters. The molecular formula is C17H19FO4S. The molecule has 6 heteroatoms. The van der Waals surface area contributed by atoms with E-state index in [1.165, 1.54) is 37.3 Å². The number of halogens is 1. The lowest BCUT2D eigenvalue weighted by molar-refractivity contribution is -0.116. The smallest absolute Gasteiger partial charge is 0.200 e. The minimum absolute atomic E-state index is 0.0120. The van der Waals surface area contributed by atoms with Gasteiger partial charge in [0.1, 0.15) is 5.57 Å². The van der Waals surface area contributed by atoms with Gasteiger partial charge in [0.05, 0.1) is 24.9 Å². The fourth-order valence-corrected chi connectivity index (χ4v) is 2.96. The van der Waals surface area contributed by atoms with Gasteiger partial charge in [-0.1, -0.05) is 0 Å². The number of allylic oxidation sites excluding steroid dienone is 1. The van der Waals surface area contributed by atoms with Gasteiger partial charge in [0.15, 0.2) is 17.3 Å². The monoisotopic (exact) mass is 338 g/mol. The normalized spacial score (nSPS) is 14.5. The second-order valence-electron chi connectivity index (χ2n) is 5.12. The fourth-order valence-electron chi connectivity index (χ4n) is 2.21. The number of benzene rings is 1. The van der Waals surface area contributed by atoms with Crippen molar-refractivity contribution in [2.24, 2.45) is 5.92 Å². The molecule has 124 valence electrons.